The molecule has 8 heavy (non-hydrogen) atoms. The maximum absolute atomic E-state index is 2.50. The Kier molecular flexibility index (Phi) is 1.72. The van der Waals surface area contributed by atoms with Gasteiger partial charge in [0.15, 0.2) is 0 Å². The second-order valence-electron chi connectivity index (χ2n) is 2.10. The van der Waals surface area contributed by atoms with Gasteiger partial charge < -0.3 is 0 Å². The molecule has 0 aliphatic carbocycles. The number of hydrogen-bond donors (Lipinski definition) is 0. The molecule has 1 atom stereocenters. The molecule has 0 saturated carbocycles. The Morgan fingerprint density at radius 2 is 2.25 bits per heavy atom. The quantitative estimate of drug-likeness (QED) is 0.570. The van der Waals surface area contributed by atoms with Gasteiger partial charge in [0.05, 0.1) is 0 Å². The van der Waals surface area contributed by atoms with Crippen molar-refractivity contribution >= 4 is 28.4 Å². The molecule has 0 nitrogen and oxygen atoms in total. The third-order valence-corrected chi connectivity index (χ3v) is 4.16. The summed E-state index contributed by atoms with van der Waals surface area (Å²) in [6.45, 7) is 2.15. The lowest BCUT2D eigenvalue weighted by molar-refractivity contribution is 1.58. The van der Waals surface area contributed by atoms with E-state index in [0.717, 1.165) is 0 Å². The first-order chi connectivity index (χ1) is 3.60. The van der Waals surface area contributed by atoms with Gasteiger partial charge in [-0.3, -0.25) is 0 Å². The first-order valence-electron chi connectivity index (χ1n) is 2.44. The summed E-state index contributed by atoms with van der Waals surface area (Å²) in [6, 6.07) is 0. The van der Waals surface area contributed by atoms with Crippen molar-refractivity contribution in [3.8, 4) is 0 Å². The van der Waals surface area contributed by atoms with Crippen LogP contribution in [-0.4, -0.2) is 6.26 Å². The Bertz CT molecular complexity index is 156. The molecule has 1 aliphatic heterocycles. The van der Waals surface area contributed by atoms with Crippen molar-refractivity contribution < 1.29 is 0 Å². The molecule has 0 radical (unpaired) electrons. The van der Waals surface area contributed by atoms with Crippen molar-refractivity contribution in [3.63, 3.8) is 0 Å². The van der Waals surface area contributed by atoms with E-state index in [0.29, 0.717) is 0 Å². The molecule has 1 aliphatic rings. The average molecular weight is 240 g/mol. The van der Waals surface area contributed by atoms with E-state index in [4.69, 9.17) is 0 Å². The third kappa shape index (κ3) is 1.52. The standard InChI is InChI=1S/C6H9IS/c1-6-3-4-8(2,7)5-6/h3-5H,1-2H3. The minimum Gasteiger partial charge on any atom is -0.149 e. The maximum atomic E-state index is 2.50. The van der Waals surface area contributed by atoms with Gasteiger partial charge in [-0.15, -0.1) is 7.20 Å². The van der Waals surface area contributed by atoms with Gasteiger partial charge >= 0.3 is 0 Å². The molecular formula is C6H9IS. The van der Waals surface area contributed by atoms with E-state index in [2.05, 4.69) is 51.3 Å². The van der Waals surface area contributed by atoms with E-state index >= 15 is 0 Å². The summed E-state index contributed by atoms with van der Waals surface area (Å²) in [4.78, 5) is 0. The van der Waals surface area contributed by atoms with Crippen LogP contribution in [-0.2, 0) is 0 Å². The smallest absolute Gasteiger partial charge is 0.0172 e. The van der Waals surface area contributed by atoms with Gasteiger partial charge in [0.25, 0.3) is 0 Å². The van der Waals surface area contributed by atoms with Crippen LogP contribution >= 0.6 is 28.4 Å². The molecule has 0 bridgehead atoms. The zero-order chi connectivity index (χ0) is 6.20. The summed E-state index contributed by atoms with van der Waals surface area (Å²) < 4.78 is 0. The second-order valence-corrected chi connectivity index (χ2v) is 10.2. The van der Waals surface area contributed by atoms with Crippen molar-refractivity contribution in [2.24, 2.45) is 0 Å². The molecular weight excluding hydrogens is 231 g/mol. The Hall–Kier alpha value is 0.560. The summed E-state index contributed by atoms with van der Waals surface area (Å²) in [5.74, 6) is 0. The van der Waals surface area contributed by atoms with E-state index in [1.807, 2.05) is 0 Å². The zero-order valence-electron chi connectivity index (χ0n) is 5.02. The number of halogens is 1. The first kappa shape index (κ1) is 6.68. The lowest BCUT2D eigenvalue weighted by Crippen LogP contribution is -1.67. The fraction of sp³-hybridized carbons (Fsp3) is 0.333. The maximum Gasteiger partial charge on any atom is -0.0172 e. The Morgan fingerprint density at radius 1 is 1.62 bits per heavy atom. The van der Waals surface area contributed by atoms with Gasteiger partial charge in [-0.1, -0.05) is 6.08 Å². The zero-order valence-corrected chi connectivity index (χ0v) is 7.99. The molecule has 0 aromatic heterocycles. The highest BCUT2D eigenvalue weighted by Gasteiger charge is 2.09. The molecule has 0 aromatic rings. The second kappa shape index (κ2) is 2.06. The average Bonchev–Trinajstić information content (AvgIpc) is 1.82. The highest BCUT2D eigenvalue weighted by atomic mass is 127. The molecule has 2 heteroatoms. The van der Waals surface area contributed by atoms with E-state index < -0.39 is 7.20 Å². The summed E-state index contributed by atoms with van der Waals surface area (Å²) >= 11 is 2.50. The van der Waals surface area contributed by atoms with E-state index in [9.17, 15) is 0 Å². The summed E-state index contributed by atoms with van der Waals surface area (Å²) in [7, 11) is -0.468. The van der Waals surface area contributed by atoms with Crippen molar-refractivity contribution in [2.75, 3.05) is 6.26 Å². The molecule has 1 unspecified atom stereocenters. The van der Waals surface area contributed by atoms with Crippen LogP contribution in [0, 0.1) is 0 Å². The minimum atomic E-state index is -0.468. The summed E-state index contributed by atoms with van der Waals surface area (Å²) in [5, 5.41) is 4.64. The molecule has 0 spiro atoms. The summed E-state index contributed by atoms with van der Waals surface area (Å²) in [6.07, 6.45) is 4.47. The first-order valence-corrected chi connectivity index (χ1v) is 7.15. The molecule has 46 valence electrons. The predicted molar refractivity (Wildman–Crippen MR) is 50.4 cm³/mol. The van der Waals surface area contributed by atoms with E-state index in [1.54, 1.807) is 0 Å². The van der Waals surface area contributed by atoms with E-state index in [1.165, 1.54) is 5.57 Å². The number of allylic oxidation sites excluding steroid dienone is 2. The van der Waals surface area contributed by atoms with Crippen LogP contribution < -0.4 is 0 Å². The lowest BCUT2D eigenvalue weighted by Gasteiger charge is -2.13. The van der Waals surface area contributed by atoms with Gasteiger partial charge in [-0.2, -0.15) is 0 Å². The minimum absolute atomic E-state index is 0.468. The van der Waals surface area contributed by atoms with Crippen molar-refractivity contribution in [1.29, 1.82) is 0 Å². The largest absolute Gasteiger partial charge is 0.149 e. The van der Waals surface area contributed by atoms with Crippen LogP contribution in [0.15, 0.2) is 22.5 Å². The normalized spacial score (nSPS) is 43.6. The Morgan fingerprint density at radius 3 is 2.38 bits per heavy atom. The van der Waals surface area contributed by atoms with Gasteiger partial charge in [-0.05, 0) is 50.8 Å². The lowest BCUT2D eigenvalue weighted by atomic mass is 10.4. The van der Waals surface area contributed by atoms with Crippen LogP contribution in [0.25, 0.3) is 0 Å². The van der Waals surface area contributed by atoms with Crippen molar-refractivity contribution in [1.82, 2.24) is 0 Å². The molecule has 1 heterocycles. The Labute approximate surface area is 63.9 Å². The Balaban J connectivity index is 2.84. The van der Waals surface area contributed by atoms with Crippen LogP contribution in [0.4, 0.5) is 0 Å². The molecule has 0 amide bonds. The molecule has 1 rings (SSSR count). The van der Waals surface area contributed by atoms with Gasteiger partial charge in [-0.25, -0.2) is 0 Å². The molecule has 0 aromatic carbocycles. The van der Waals surface area contributed by atoms with Crippen molar-refractivity contribution in [3.05, 3.63) is 22.5 Å². The molecule has 0 fully saturated rings. The van der Waals surface area contributed by atoms with Crippen molar-refractivity contribution in [2.45, 2.75) is 6.92 Å². The number of rotatable bonds is 0. The van der Waals surface area contributed by atoms with Crippen LogP contribution in [0.3, 0.4) is 0 Å². The van der Waals surface area contributed by atoms with Gasteiger partial charge in [0, 0.05) is 0 Å². The molecule has 0 N–H and O–H groups in total. The van der Waals surface area contributed by atoms with Gasteiger partial charge in [0.2, 0.25) is 0 Å². The molecule has 0 saturated heterocycles. The van der Waals surface area contributed by atoms with Crippen LogP contribution in [0.1, 0.15) is 6.92 Å². The topological polar surface area (TPSA) is 0 Å². The number of hydrogen-bond acceptors (Lipinski definition) is 0. The third-order valence-electron chi connectivity index (χ3n) is 1.01. The van der Waals surface area contributed by atoms with Crippen LogP contribution in [0.2, 0.25) is 0 Å². The van der Waals surface area contributed by atoms with Crippen LogP contribution in [0.5, 0.6) is 0 Å². The highest BCUT2D eigenvalue weighted by molar-refractivity contribution is 14.2. The SMILES string of the molecule is CC1=CS(C)(I)C=C1. The predicted octanol–water partition coefficient (Wildman–Crippen LogP) is 3.20. The fourth-order valence-corrected chi connectivity index (χ4v) is 3.69. The monoisotopic (exact) mass is 240 g/mol. The van der Waals surface area contributed by atoms with Gasteiger partial charge in [0.1, 0.15) is 0 Å². The van der Waals surface area contributed by atoms with E-state index in [-0.39, 0.29) is 0 Å². The highest BCUT2D eigenvalue weighted by Crippen LogP contribution is 2.59. The fourth-order valence-electron chi connectivity index (χ4n) is 0.682. The summed E-state index contributed by atoms with van der Waals surface area (Å²) in [5.41, 5.74) is 1.41.